The molecule has 0 aliphatic rings. The van der Waals surface area contributed by atoms with Gasteiger partial charge in [0, 0.05) is 21.7 Å². The van der Waals surface area contributed by atoms with E-state index in [2.05, 4.69) is 37.9 Å². The number of nitrogens with zero attached hydrogens (tertiary/aromatic N) is 2. The molecule has 0 spiro atoms. The number of carbonyl (C=O) groups is 2. The predicted molar refractivity (Wildman–Crippen MR) is 84.5 cm³/mol. The van der Waals surface area contributed by atoms with Crippen molar-refractivity contribution < 1.29 is 14.3 Å². The molecule has 1 amide bonds. The minimum Gasteiger partial charge on any atom is -0.451 e. The lowest BCUT2D eigenvalue weighted by Crippen LogP contribution is -2.22. The van der Waals surface area contributed by atoms with Crippen LogP contribution in [0.5, 0.6) is 0 Å². The normalized spacial score (nSPS) is 9.95. The lowest BCUT2D eigenvalue weighted by atomic mass is 10.3. The molecule has 7 nitrogen and oxygen atoms in total. The Balaban J connectivity index is 1.88. The molecular weight excluding hydrogens is 387 g/mol. The summed E-state index contributed by atoms with van der Waals surface area (Å²) in [5.74, 6) is -1.29. The van der Waals surface area contributed by atoms with Gasteiger partial charge in [-0.2, -0.15) is 0 Å². The largest absolute Gasteiger partial charge is 0.451 e. The van der Waals surface area contributed by atoms with Gasteiger partial charge in [-0.25, -0.2) is 14.8 Å². The SMILES string of the molecule is Nc1nccnc1C(=O)OCC(=O)Nc1ccc(I)cc1. The van der Waals surface area contributed by atoms with E-state index in [1.807, 2.05) is 12.1 Å². The number of nitrogen functional groups attached to an aromatic ring is 1. The highest BCUT2D eigenvalue weighted by Crippen LogP contribution is 2.11. The number of carbonyl (C=O) groups excluding carboxylic acids is 2. The molecule has 0 unspecified atom stereocenters. The monoisotopic (exact) mass is 398 g/mol. The van der Waals surface area contributed by atoms with E-state index < -0.39 is 18.5 Å². The number of rotatable bonds is 4. The third kappa shape index (κ3) is 4.38. The van der Waals surface area contributed by atoms with Gasteiger partial charge in [0.2, 0.25) is 0 Å². The van der Waals surface area contributed by atoms with Crippen LogP contribution in [0.4, 0.5) is 11.5 Å². The molecule has 21 heavy (non-hydrogen) atoms. The van der Waals surface area contributed by atoms with Gasteiger partial charge in [0.1, 0.15) is 0 Å². The smallest absolute Gasteiger partial charge is 0.361 e. The number of hydrogen-bond donors (Lipinski definition) is 2. The summed E-state index contributed by atoms with van der Waals surface area (Å²) >= 11 is 2.16. The molecule has 0 fully saturated rings. The van der Waals surface area contributed by atoms with Gasteiger partial charge in [-0.05, 0) is 46.9 Å². The number of aromatic nitrogens is 2. The Morgan fingerprint density at radius 1 is 1.19 bits per heavy atom. The van der Waals surface area contributed by atoms with Gasteiger partial charge in [-0.3, -0.25) is 4.79 Å². The highest BCUT2D eigenvalue weighted by atomic mass is 127. The van der Waals surface area contributed by atoms with Gasteiger partial charge >= 0.3 is 5.97 Å². The number of amides is 1. The Labute approximate surface area is 134 Å². The van der Waals surface area contributed by atoms with Crippen LogP contribution >= 0.6 is 22.6 Å². The van der Waals surface area contributed by atoms with Crippen LogP contribution in [0.25, 0.3) is 0 Å². The molecule has 0 aliphatic carbocycles. The maximum absolute atomic E-state index is 11.7. The number of nitrogens with two attached hydrogens (primary N) is 1. The molecule has 0 aliphatic heterocycles. The molecule has 1 aromatic heterocycles. The van der Waals surface area contributed by atoms with E-state index in [4.69, 9.17) is 10.5 Å². The highest BCUT2D eigenvalue weighted by molar-refractivity contribution is 14.1. The van der Waals surface area contributed by atoms with Crippen molar-refractivity contribution in [2.24, 2.45) is 0 Å². The average molecular weight is 398 g/mol. The summed E-state index contributed by atoms with van der Waals surface area (Å²) in [6.45, 7) is -0.430. The Morgan fingerprint density at radius 2 is 1.86 bits per heavy atom. The lowest BCUT2D eigenvalue weighted by Gasteiger charge is -2.07. The molecule has 0 atom stereocenters. The fourth-order valence-electron chi connectivity index (χ4n) is 1.44. The highest BCUT2D eigenvalue weighted by Gasteiger charge is 2.15. The van der Waals surface area contributed by atoms with E-state index in [0.29, 0.717) is 5.69 Å². The number of nitrogens with one attached hydrogen (secondary N) is 1. The second kappa shape index (κ2) is 6.97. The molecule has 8 heteroatoms. The average Bonchev–Trinajstić information content (AvgIpc) is 2.48. The number of halogens is 1. The molecule has 2 aromatic rings. The lowest BCUT2D eigenvalue weighted by molar-refractivity contribution is -0.119. The van der Waals surface area contributed by atoms with Crippen LogP contribution in [-0.2, 0) is 9.53 Å². The van der Waals surface area contributed by atoms with Gasteiger partial charge in [-0.1, -0.05) is 0 Å². The molecule has 0 saturated carbocycles. The summed E-state index contributed by atoms with van der Waals surface area (Å²) in [6, 6.07) is 7.20. The van der Waals surface area contributed by atoms with Gasteiger partial charge in [-0.15, -0.1) is 0 Å². The van der Waals surface area contributed by atoms with Crippen molar-refractivity contribution in [1.29, 1.82) is 0 Å². The van der Waals surface area contributed by atoms with Crippen molar-refractivity contribution in [1.82, 2.24) is 9.97 Å². The maximum Gasteiger partial charge on any atom is 0.361 e. The second-order valence-electron chi connectivity index (χ2n) is 3.92. The quantitative estimate of drug-likeness (QED) is 0.597. The first-order valence-corrected chi connectivity index (χ1v) is 6.93. The number of benzene rings is 1. The summed E-state index contributed by atoms with van der Waals surface area (Å²) in [5, 5.41) is 2.60. The zero-order chi connectivity index (χ0) is 15.2. The molecule has 0 bridgehead atoms. The van der Waals surface area contributed by atoms with Crippen molar-refractivity contribution in [3.8, 4) is 0 Å². The van der Waals surface area contributed by atoms with E-state index in [1.165, 1.54) is 12.4 Å². The fourth-order valence-corrected chi connectivity index (χ4v) is 1.80. The van der Waals surface area contributed by atoms with E-state index in [9.17, 15) is 9.59 Å². The number of anilines is 2. The van der Waals surface area contributed by atoms with Crippen molar-refractivity contribution in [2.75, 3.05) is 17.7 Å². The van der Waals surface area contributed by atoms with Crippen molar-refractivity contribution in [2.45, 2.75) is 0 Å². The van der Waals surface area contributed by atoms with Crippen molar-refractivity contribution >= 4 is 46.0 Å². The van der Waals surface area contributed by atoms with E-state index >= 15 is 0 Å². The van der Waals surface area contributed by atoms with Crippen molar-refractivity contribution in [3.63, 3.8) is 0 Å². The molecule has 2 rings (SSSR count). The zero-order valence-electron chi connectivity index (χ0n) is 10.7. The first-order valence-electron chi connectivity index (χ1n) is 5.85. The molecule has 1 heterocycles. The van der Waals surface area contributed by atoms with Crippen LogP contribution in [0.2, 0.25) is 0 Å². The Morgan fingerprint density at radius 3 is 2.52 bits per heavy atom. The predicted octanol–water partition coefficient (Wildman–Crippen LogP) is 1.46. The van der Waals surface area contributed by atoms with Crippen LogP contribution in [-0.4, -0.2) is 28.5 Å². The van der Waals surface area contributed by atoms with Gasteiger partial charge in [0.05, 0.1) is 0 Å². The fraction of sp³-hybridized carbons (Fsp3) is 0.0769. The summed E-state index contributed by atoms with van der Waals surface area (Å²) in [4.78, 5) is 30.8. The zero-order valence-corrected chi connectivity index (χ0v) is 12.9. The Kier molecular flexibility index (Phi) is 5.04. The van der Waals surface area contributed by atoms with E-state index in [1.54, 1.807) is 12.1 Å². The first-order chi connectivity index (χ1) is 10.1. The van der Waals surface area contributed by atoms with Crippen LogP contribution in [0.3, 0.4) is 0 Å². The van der Waals surface area contributed by atoms with Crippen LogP contribution in [0.15, 0.2) is 36.7 Å². The van der Waals surface area contributed by atoms with Crippen LogP contribution < -0.4 is 11.1 Å². The third-order valence-corrected chi connectivity index (χ3v) is 3.10. The number of esters is 1. The molecule has 108 valence electrons. The second-order valence-corrected chi connectivity index (χ2v) is 5.17. The van der Waals surface area contributed by atoms with E-state index in [-0.39, 0.29) is 11.5 Å². The summed E-state index contributed by atoms with van der Waals surface area (Å²) in [5.41, 5.74) is 6.00. The van der Waals surface area contributed by atoms with E-state index in [0.717, 1.165) is 3.57 Å². The van der Waals surface area contributed by atoms with Crippen molar-refractivity contribution in [3.05, 3.63) is 45.9 Å². The molecule has 0 saturated heterocycles. The standard InChI is InChI=1S/C13H11IN4O3/c14-8-1-3-9(4-2-8)18-10(19)7-21-13(20)11-12(15)17-6-5-16-11/h1-6H,7H2,(H2,15,17)(H,18,19). The van der Waals surface area contributed by atoms with Crippen LogP contribution in [0, 0.1) is 3.57 Å². The Bertz CT molecular complexity index is 661. The summed E-state index contributed by atoms with van der Waals surface area (Å²) in [7, 11) is 0. The van der Waals surface area contributed by atoms with Gasteiger partial charge < -0.3 is 15.8 Å². The summed E-state index contributed by atoms with van der Waals surface area (Å²) in [6.07, 6.45) is 2.67. The summed E-state index contributed by atoms with van der Waals surface area (Å²) < 4.78 is 5.88. The molecule has 3 N–H and O–H groups in total. The number of hydrogen-bond acceptors (Lipinski definition) is 6. The topological polar surface area (TPSA) is 107 Å². The molecule has 1 aromatic carbocycles. The maximum atomic E-state index is 11.7. The van der Waals surface area contributed by atoms with Gasteiger partial charge in [0.25, 0.3) is 5.91 Å². The minimum atomic E-state index is -0.793. The van der Waals surface area contributed by atoms with Gasteiger partial charge in [0.15, 0.2) is 18.1 Å². The minimum absolute atomic E-state index is 0.0412. The molecular formula is C13H11IN4O3. The molecule has 0 radical (unpaired) electrons. The number of ether oxygens (including phenoxy) is 1. The van der Waals surface area contributed by atoms with Crippen LogP contribution in [0.1, 0.15) is 10.5 Å². The third-order valence-electron chi connectivity index (χ3n) is 2.38. The first kappa shape index (κ1) is 15.2. The Hall–Kier alpha value is -2.23.